The van der Waals surface area contributed by atoms with E-state index in [0.717, 1.165) is 18.5 Å². The largest absolute Gasteiger partial charge is 0.305 e. The minimum Gasteiger partial charge on any atom is -0.305 e. The number of hydrogen-bond donors (Lipinski definition) is 1. The summed E-state index contributed by atoms with van der Waals surface area (Å²) in [4.78, 5) is 12.6. The highest BCUT2D eigenvalue weighted by atomic mass is 19.1. The second-order valence-corrected chi connectivity index (χ2v) is 6.63. The Morgan fingerprint density at radius 2 is 1.88 bits per heavy atom. The van der Waals surface area contributed by atoms with Crippen LogP contribution >= 0.6 is 0 Å². The number of hydrogen-bond acceptors (Lipinski definition) is 3. The van der Waals surface area contributed by atoms with Crippen LogP contribution in [0.1, 0.15) is 47.9 Å². The van der Waals surface area contributed by atoms with Crippen LogP contribution in [0.15, 0.2) is 42.6 Å². The van der Waals surface area contributed by atoms with Gasteiger partial charge in [0.05, 0.1) is 17.4 Å². The van der Waals surface area contributed by atoms with Gasteiger partial charge in [-0.15, -0.1) is 0 Å². The molecule has 1 N–H and O–H groups in total. The number of rotatable bonds is 4. The summed E-state index contributed by atoms with van der Waals surface area (Å²) in [5.74, 6) is -0.0831. The van der Waals surface area contributed by atoms with Crippen molar-refractivity contribution >= 4 is 11.7 Å². The van der Waals surface area contributed by atoms with Gasteiger partial charge in [-0.2, -0.15) is 10.2 Å². The van der Waals surface area contributed by atoms with Gasteiger partial charge in [-0.3, -0.25) is 9.48 Å². The lowest BCUT2D eigenvalue weighted by Gasteiger charge is -2.09. The van der Waals surface area contributed by atoms with E-state index in [1.807, 2.05) is 17.8 Å². The van der Waals surface area contributed by atoms with E-state index >= 15 is 0 Å². The van der Waals surface area contributed by atoms with Crippen LogP contribution in [-0.4, -0.2) is 25.5 Å². The number of aromatic nitrogens is 4. The van der Waals surface area contributed by atoms with Crippen LogP contribution in [0, 0.1) is 12.7 Å². The number of anilines is 1. The maximum absolute atomic E-state index is 13.2. The summed E-state index contributed by atoms with van der Waals surface area (Å²) in [6, 6.07) is 9.86. The summed E-state index contributed by atoms with van der Waals surface area (Å²) >= 11 is 0. The fraction of sp³-hybridized carbons (Fsp3) is 0.316. The van der Waals surface area contributed by atoms with Crippen molar-refractivity contribution in [1.82, 2.24) is 19.6 Å². The number of halogens is 1. The lowest BCUT2D eigenvalue weighted by atomic mass is 10.3. The van der Waals surface area contributed by atoms with Crippen molar-refractivity contribution in [2.24, 2.45) is 0 Å². The lowest BCUT2D eigenvalue weighted by Crippen LogP contribution is -2.16. The molecule has 0 radical (unpaired) electrons. The first-order valence-corrected chi connectivity index (χ1v) is 8.79. The predicted molar refractivity (Wildman–Crippen MR) is 95.9 cm³/mol. The van der Waals surface area contributed by atoms with Crippen LogP contribution in [0.2, 0.25) is 0 Å². The van der Waals surface area contributed by atoms with Gasteiger partial charge >= 0.3 is 0 Å². The number of carbonyl (C=O) groups excluding carboxylic acids is 1. The van der Waals surface area contributed by atoms with Crippen LogP contribution in [0.3, 0.4) is 0 Å². The normalized spacial score (nSPS) is 14.7. The van der Waals surface area contributed by atoms with Gasteiger partial charge in [0.15, 0.2) is 5.69 Å². The average Bonchev–Trinajstić information content (AvgIpc) is 3.35. The van der Waals surface area contributed by atoms with Gasteiger partial charge < -0.3 is 5.32 Å². The quantitative estimate of drug-likeness (QED) is 0.774. The molecule has 7 heteroatoms. The summed E-state index contributed by atoms with van der Waals surface area (Å²) in [6.45, 7) is 1.84. The van der Waals surface area contributed by atoms with E-state index in [0.29, 0.717) is 23.2 Å². The van der Waals surface area contributed by atoms with E-state index < -0.39 is 0 Å². The third kappa shape index (κ3) is 3.24. The number of nitrogens with zero attached hydrogens (tertiary/aromatic N) is 4. The molecule has 0 spiro atoms. The Kier molecular flexibility index (Phi) is 4.28. The molecule has 1 aromatic carbocycles. The molecule has 0 unspecified atom stereocenters. The summed E-state index contributed by atoms with van der Waals surface area (Å²) in [5.41, 5.74) is 1.80. The summed E-state index contributed by atoms with van der Waals surface area (Å²) in [5, 5.41) is 11.7. The standard InChI is InChI=1S/C19H20FN5O/c1-13-12-18(25(22-13)16-8-6-14(20)7-9-16)21-19(26)17-10-11-24(23-17)15-4-2-3-5-15/h6-12,15H,2-5H2,1H3,(H,21,26). The van der Waals surface area contributed by atoms with Crippen molar-refractivity contribution in [2.45, 2.75) is 38.6 Å². The third-order valence-corrected chi connectivity index (χ3v) is 4.68. The highest BCUT2D eigenvalue weighted by molar-refractivity contribution is 6.02. The smallest absolute Gasteiger partial charge is 0.277 e. The van der Waals surface area contributed by atoms with Crippen LogP contribution in [0.4, 0.5) is 10.2 Å². The van der Waals surface area contributed by atoms with E-state index in [1.54, 1.807) is 28.9 Å². The van der Waals surface area contributed by atoms with E-state index in [1.165, 1.54) is 25.0 Å². The average molecular weight is 353 g/mol. The highest BCUT2D eigenvalue weighted by Gasteiger charge is 2.20. The molecule has 0 atom stereocenters. The van der Waals surface area contributed by atoms with Crippen molar-refractivity contribution in [1.29, 1.82) is 0 Å². The maximum Gasteiger partial charge on any atom is 0.277 e. The Morgan fingerprint density at radius 3 is 2.62 bits per heavy atom. The van der Waals surface area contributed by atoms with Crippen molar-refractivity contribution in [3.63, 3.8) is 0 Å². The number of aryl methyl sites for hydroxylation is 1. The second-order valence-electron chi connectivity index (χ2n) is 6.63. The summed E-state index contributed by atoms with van der Waals surface area (Å²) in [6.07, 6.45) is 6.51. The predicted octanol–water partition coefficient (Wildman–Crippen LogP) is 3.88. The molecule has 1 aliphatic carbocycles. The third-order valence-electron chi connectivity index (χ3n) is 4.68. The Labute approximate surface area is 150 Å². The fourth-order valence-electron chi connectivity index (χ4n) is 3.38. The van der Waals surface area contributed by atoms with Gasteiger partial charge in [-0.25, -0.2) is 9.07 Å². The zero-order valence-corrected chi connectivity index (χ0v) is 14.5. The number of amides is 1. The monoisotopic (exact) mass is 353 g/mol. The molecule has 3 aromatic rings. The Morgan fingerprint density at radius 1 is 1.15 bits per heavy atom. The molecule has 0 bridgehead atoms. The van der Waals surface area contributed by atoms with Crippen molar-refractivity contribution in [2.75, 3.05) is 5.32 Å². The van der Waals surface area contributed by atoms with Crippen LogP contribution in [0.25, 0.3) is 5.69 Å². The summed E-state index contributed by atoms with van der Waals surface area (Å²) in [7, 11) is 0. The fourth-order valence-corrected chi connectivity index (χ4v) is 3.38. The molecule has 1 saturated carbocycles. The minimum absolute atomic E-state index is 0.287. The van der Waals surface area contributed by atoms with E-state index in [-0.39, 0.29) is 11.7 Å². The first-order chi connectivity index (χ1) is 12.6. The van der Waals surface area contributed by atoms with E-state index in [2.05, 4.69) is 15.5 Å². The van der Waals surface area contributed by atoms with Crippen molar-refractivity contribution in [3.8, 4) is 5.69 Å². The van der Waals surface area contributed by atoms with E-state index in [4.69, 9.17) is 0 Å². The first-order valence-electron chi connectivity index (χ1n) is 8.79. The van der Waals surface area contributed by atoms with Crippen LogP contribution in [-0.2, 0) is 0 Å². The molecular weight excluding hydrogens is 333 g/mol. The topological polar surface area (TPSA) is 64.7 Å². The van der Waals surface area contributed by atoms with Gasteiger partial charge in [-0.1, -0.05) is 12.8 Å². The Bertz CT molecular complexity index is 922. The molecule has 1 fully saturated rings. The number of carbonyl (C=O) groups is 1. The zero-order valence-electron chi connectivity index (χ0n) is 14.5. The second kappa shape index (κ2) is 6.74. The molecule has 2 aromatic heterocycles. The molecule has 2 heterocycles. The van der Waals surface area contributed by atoms with Crippen LogP contribution in [0.5, 0.6) is 0 Å². The van der Waals surface area contributed by atoms with Gasteiger partial charge in [0.1, 0.15) is 11.6 Å². The number of nitrogens with one attached hydrogen (secondary N) is 1. The van der Waals surface area contributed by atoms with Crippen molar-refractivity contribution < 1.29 is 9.18 Å². The highest BCUT2D eigenvalue weighted by Crippen LogP contribution is 2.28. The molecule has 0 saturated heterocycles. The molecule has 0 aliphatic heterocycles. The Balaban J connectivity index is 1.55. The Hall–Kier alpha value is -2.96. The minimum atomic E-state index is -0.319. The molecule has 26 heavy (non-hydrogen) atoms. The molecular formula is C19H20FN5O. The lowest BCUT2D eigenvalue weighted by molar-refractivity contribution is 0.102. The zero-order chi connectivity index (χ0) is 18.1. The number of benzene rings is 1. The summed E-state index contributed by atoms with van der Waals surface area (Å²) < 4.78 is 16.6. The molecule has 6 nitrogen and oxygen atoms in total. The van der Waals surface area contributed by atoms with Crippen LogP contribution < -0.4 is 5.32 Å². The molecule has 1 amide bonds. The molecule has 134 valence electrons. The maximum atomic E-state index is 13.2. The molecule has 4 rings (SSSR count). The van der Waals surface area contributed by atoms with Gasteiger partial charge in [0, 0.05) is 12.3 Å². The van der Waals surface area contributed by atoms with Crippen molar-refractivity contribution in [3.05, 3.63) is 59.8 Å². The molecule has 1 aliphatic rings. The van der Waals surface area contributed by atoms with Gasteiger partial charge in [-0.05, 0) is 50.1 Å². The van der Waals surface area contributed by atoms with E-state index in [9.17, 15) is 9.18 Å². The first kappa shape index (κ1) is 16.5. The SMILES string of the molecule is Cc1cc(NC(=O)c2ccn(C3CCCC3)n2)n(-c2ccc(F)cc2)n1. The van der Waals surface area contributed by atoms with Gasteiger partial charge in [0.2, 0.25) is 0 Å². The van der Waals surface area contributed by atoms with Gasteiger partial charge in [0.25, 0.3) is 5.91 Å².